The summed E-state index contributed by atoms with van der Waals surface area (Å²) in [4.78, 5) is 16.1. The largest absolute Gasteiger partial charge is 0.364 e. The Kier molecular flexibility index (Phi) is 4.73. The number of rotatable bonds is 5. The number of fused-ring (bicyclic) bond motifs is 1. The van der Waals surface area contributed by atoms with Gasteiger partial charge in [-0.25, -0.2) is 18.7 Å². The number of hydrogen-bond donors (Lipinski definition) is 1. The highest BCUT2D eigenvalue weighted by atomic mass is 19.1. The molecule has 0 bridgehead atoms. The average molecular weight is 395 g/mol. The predicted molar refractivity (Wildman–Crippen MR) is 109 cm³/mol. The van der Waals surface area contributed by atoms with E-state index in [2.05, 4.69) is 15.2 Å². The molecule has 3 aromatic rings. The van der Waals surface area contributed by atoms with E-state index in [1.54, 1.807) is 18.5 Å². The maximum absolute atomic E-state index is 14.0. The van der Waals surface area contributed by atoms with Crippen molar-refractivity contribution in [1.82, 2.24) is 15.0 Å². The molecule has 5 nitrogen and oxygen atoms in total. The van der Waals surface area contributed by atoms with Crippen molar-refractivity contribution in [2.75, 3.05) is 23.3 Å². The number of hydrogen-bond acceptors (Lipinski definition) is 5. The molecule has 150 valence electrons. The van der Waals surface area contributed by atoms with E-state index in [9.17, 15) is 8.78 Å². The van der Waals surface area contributed by atoms with E-state index in [0.29, 0.717) is 23.9 Å². The molecule has 1 aliphatic heterocycles. The Morgan fingerprint density at radius 3 is 2.59 bits per heavy atom. The molecule has 1 saturated heterocycles. The highest BCUT2D eigenvalue weighted by Gasteiger charge is 2.27. The Morgan fingerprint density at radius 1 is 1.00 bits per heavy atom. The fraction of sp³-hybridized carbons (Fsp3) is 0.409. The summed E-state index contributed by atoms with van der Waals surface area (Å²) in [6, 6.07) is 6.24. The molecule has 2 fully saturated rings. The lowest BCUT2D eigenvalue weighted by Gasteiger charge is -2.33. The first-order valence-corrected chi connectivity index (χ1v) is 10.2. The van der Waals surface area contributed by atoms with E-state index in [-0.39, 0.29) is 0 Å². The van der Waals surface area contributed by atoms with Gasteiger partial charge in [0.1, 0.15) is 17.2 Å². The van der Waals surface area contributed by atoms with Crippen LogP contribution in [-0.2, 0) is 6.42 Å². The Balaban J connectivity index is 1.32. The third kappa shape index (κ3) is 3.99. The van der Waals surface area contributed by atoms with Crippen LogP contribution in [-0.4, -0.2) is 34.1 Å². The number of nitrogens with zero attached hydrogens (tertiary/aromatic N) is 4. The summed E-state index contributed by atoms with van der Waals surface area (Å²) in [7, 11) is 0. The van der Waals surface area contributed by atoms with Gasteiger partial charge in [-0.2, -0.15) is 0 Å². The van der Waals surface area contributed by atoms with Crippen LogP contribution in [0.3, 0.4) is 0 Å². The van der Waals surface area contributed by atoms with Crippen LogP contribution < -0.4 is 10.2 Å². The molecule has 7 heteroatoms. The smallest absolute Gasteiger partial charge is 0.172 e. The zero-order valence-corrected chi connectivity index (χ0v) is 16.1. The second-order valence-corrected chi connectivity index (χ2v) is 8.05. The molecule has 0 atom stereocenters. The molecule has 2 aromatic heterocycles. The van der Waals surface area contributed by atoms with Crippen LogP contribution in [0.15, 0.2) is 36.7 Å². The molecule has 0 radical (unpaired) electrons. The van der Waals surface area contributed by atoms with Crippen molar-refractivity contribution in [2.45, 2.75) is 38.1 Å². The molecule has 1 aromatic carbocycles. The SMILES string of the molecule is Fc1ccc(CC2CCN(c3nc4cnccc4nc3NC3CC3)CC2)c(F)c1. The highest BCUT2D eigenvalue weighted by Crippen LogP contribution is 2.33. The first-order valence-electron chi connectivity index (χ1n) is 10.2. The molecule has 1 saturated carbocycles. The highest BCUT2D eigenvalue weighted by molar-refractivity contribution is 5.80. The van der Waals surface area contributed by atoms with Crippen LogP contribution in [0.5, 0.6) is 0 Å². The van der Waals surface area contributed by atoms with Gasteiger partial charge in [0, 0.05) is 31.4 Å². The zero-order chi connectivity index (χ0) is 19.8. The normalized spacial score (nSPS) is 17.7. The van der Waals surface area contributed by atoms with E-state index in [0.717, 1.165) is 54.7 Å². The van der Waals surface area contributed by atoms with Crippen molar-refractivity contribution in [2.24, 2.45) is 5.92 Å². The van der Waals surface area contributed by atoms with E-state index in [1.807, 2.05) is 6.07 Å². The third-order valence-corrected chi connectivity index (χ3v) is 5.80. The quantitative estimate of drug-likeness (QED) is 0.697. The Labute approximate surface area is 168 Å². The maximum atomic E-state index is 14.0. The molecule has 29 heavy (non-hydrogen) atoms. The lowest BCUT2D eigenvalue weighted by Crippen LogP contribution is -2.35. The van der Waals surface area contributed by atoms with E-state index in [1.165, 1.54) is 18.9 Å². The van der Waals surface area contributed by atoms with Gasteiger partial charge in [-0.1, -0.05) is 6.07 Å². The van der Waals surface area contributed by atoms with Crippen LogP contribution >= 0.6 is 0 Å². The molecule has 0 amide bonds. The Bertz CT molecular complexity index is 1030. The summed E-state index contributed by atoms with van der Waals surface area (Å²) in [5.74, 6) is 1.12. The van der Waals surface area contributed by atoms with Crippen molar-refractivity contribution in [3.8, 4) is 0 Å². The van der Waals surface area contributed by atoms with E-state index >= 15 is 0 Å². The Morgan fingerprint density at radius 2 is 1.83 bits per heavy atom. The van der Waals surface area contributed by atoms with Gasteiger partial charge in [0.15, 0.2) is 11.6 Å². The van der Waals surface area contributed by atoms with Gasteiger partial charge in [-0.15, -0.1) is 0 Å². The van der Waals surface area contributed by atoms with Gasteiger partial charge < -0.3 is 10.2 Å². The standard InChI is InChI=1S/C22H23F2N5/c23-16-2-1-15(18(24)12-16)11-14-6-9-29(10-7-14)22-21(26-17-3-4-17)27-19-5-8-25-13-20(19)28-22/h1-2,5,8,12-14,17H,3-4,6-7,9-11H2,(H,26,27). The van der Waals surface area contributed by atoms with Crippen LogP contribution in [0.4, 0.5) is 20.4 Å². The molecule has 3 heterocycles. The first-order chi connectivity index (χ1) is 14.2. The van der Waals surface area contributed by atoms with Gasteiger partial charge in [0.2, 0.25) is 0 Å². The minimum absolute atomic E-state index is 0.376. The molecule has 2 aliphatic rings. The molecule has 0 unspecified atom stereocenters. The maximum Gasteiger partial charge on any atom is 0.172 e. The minimum Gasteiger partial charge on any atom is -0.364 e. The Hall–Kier alpha value is -2.83. The predicted octanol–water partition coefficient (Wildman–Crippen LogP) is 4.34. The first kappa shape index (κ1) is 18.2. The summed E-state index contributed by atoms with van der Waals surface area (Å²) >= 11 is 0. The molecule has 1 N–H and O–H groups in total. The van der Waals surface area contributed by atoms with Crippen LogP contribution in [0.25, 0.3) is 11.0 Å². The number of piperidine rings is 1. The number of aromatic nitrogens is 3. The molecular weight excluding hydrogens is 372 g/mol. The molecular formula is C22H23F2N5. The average Bonchev–Trinajstić information content (AvgIpc) is 3.54. The van der Waals surface area contributed by atoms with E-state index < -0.39 is 11.6 Å². The lowest BCUT2D eigenvalue weighted by molar-refractivity contribution is 0.396. The van der Waals surface area contributed by atoms with Crippen molar-refractivity contribution in [3.05, 3.63) is 53.9 Å². The second kappa shape index (κ2) is 7.54. The molecule has 1 aliphatic carbocycles. The number of nitrogens with one attached hydrogen (secondary N) is 1. The summed E-state index contributed by atoms with van der Waals surface area (Å²) in [5, 5.41) is 3.52. The van der Waals surface area contributed by atoms with Crippen molar-refractivity contribution < 1.29 is 8.78 Å². The number of anilines is 2. The van der Waals surface area contributed by atoms with Crippen molar-refractivity contribution >= 4 is 22.7 Å². The van der Waals surface area contributed by atoms with Crippen LogP contribution in [0, 0.1) is 17.6 Å². The van der Waals surface area contributed by atoms with Gasteiger partial charge in [0.25, 0.3) is 0 Å². The summed E-state index contributed by atoms with van der Waals surface area (Å²) in [6.07, 6.45) is 8.33. The fourth-order valence-corrected chi connectivity index (χ4v) is 3.98. The minimum atomic E-state index is -0.527. The monoisotopic (exact) mass is 395 g/mol. The number of benzene rings is 1. The summed E-state index contributed by atoms with van der Waals surface area (Å²) < 4.78 is 27.1. The van der Waals surface area contributed by atoms with Gasteiger partial charge in [0.05, 0.1) is 11.7 Å². The summed E-state index contributed by atoms with van der Waals surface area (Å²) in [6.45, 7) is 1.68. The van der Waals surface area contributed by atoms with Gasteiger partial charge >= 0.3 is 0 Å². The second-order valence-electron chi connectivity index (χ2n) is 8.05. The number of pyridine rings is 1. The third-order valence-electron chi connectivity index (χ3n) is 5.80. The van der Waals surface area contributed by atoms with E-state index in [4.69, 9.17) is 9.97 Å². The topological polar surface area (TPSA) is 53.9 Å². The number of halogens is 2. The molecule has 5 rings (SSSR count). The molecule has 0 spiro atoms. The summed E-state index contributed by atoms with van der Waals surface area (Å²) in [5.41, 5.74) is 2.23. The van der Waals surface area contributed by atoms with Crippen LogP contribution in [0.2, 0.25) is 0 Å². The fourth-order valence-electron chi connectivity index (χ4n) is 3.98. The van der Waals surface area contributed by atoms with Crippen molar-refractivity contribution in [3.63, 3.8) is 0 Å². The van der Waals surface area contributed by atoms with Crippen molar-refractivity contribution in [1.29, 1.82) is 0 Å². The van der Waals surface area contributed by atoms with Gasteiger partial charge in [-0.3, -0.25) is 4.98 Å². The zero-order valence-electron chi connectivity index (χ0n) is 16.1. The van der Waals surface area contributed by atoms with Gasteiger partial charge in [-0.05, 0) is 55.7 Å². The lowest BCUT2D eigenvalue weighted by atomic mass is 9.90. The van der Waals surface area contributed by atoms with Crippen LogP contribution in [0.1, 0.15) is 31.2 Å².